The average molecular weight is 272 g/mol. The third kappa shape index (κ3) is 4.74. The Kier molecular flexibility index (Phi) is 5.69. The van der Waals surface area contributed by atoms with E-state index in [4.69, 9.17) is 4.42 Å². The largest absolute Gasteiger partial charge is 0.469 e. The molecule has 1 unspecified atom stereocenters. The molecular weight excluding hydrogens is 248 g/mol. The summed E-state index contributed by atoms with van der Waals surface area (Å²) in [6.07, 6.45) is 3.81. The lowest BCUT2D eigenvalue weighted by atomic mass is 10.2. The maximum absolute atomic E-state index is 5.36. The van der Waals surface area contributed by atoms with Gasteiger partial charge in [0.05, 0.1) is 6.26 Å². The number of benzene rings is 1. The third-order valence-corrected chi connectivity index (χ3v) is 3.45. The summed E-state index contributed by atoms with van der Waals surface area (Å²) in [5.74, 6) is 1.05. The van der Waals surface area contributed by atoms with Gasteiger partial charge >= 0.3 is 0 Å². The Bertz CT molecular complexity index is 467. The molecule has 0 bridgehead atoms. The van der Waals surface area contributed by atoms with Gasteiger partial charge in [0.1, 0.15) is 5.76 Å². The van der Waals surface area contributed by atoms with Crippen LogP contribution in [0.4, 0.5) is 5.69 Å². The number of para-hydroxylation sites is 1. The van der Waals surface area contributed by atoms with Crippen LogP contribution in [0.1, 0.15) is 19.1 Å². The van der Waals surface area contributed by atoms with Gasteiger partial charge < -0.3 is 14.6 Å². The molecular formula is C17H24N2O. The average Bonchev–Trinajstić information content (AvgIpc) is 2.97. The van der Waals surface area contributed by atoms with Crippen molar-refractivity contribution in [2.45, 2.75) is 25.8 Å². The van der Waals surface area contributed by atoms with Gasteiger partial charge in [-0.05, 0) is 44.2 Å². The summed E-state index contributed by atoms with van der Waals surface area (Å²) in [5, 5.41) is 3.54. The van der Waals surface area contributed by atoms with Crippen molar-refractivity contribution in [3.05, 3.63) is 54.5 Å². The van der Waals surface area contributed by atoms with Gasteiger partial charge in [-0.1, -0.05) is 18.2 Å². The molecule has 2 rings (SSSR count). The number of anilines is 1. The molecule has 1 aromatic carbocycles. The van der Waals surface area contributed by atoms with Crippen LogP contribution in [0, 0.1) is 0 Å². The van der Waals surface area contributed by atoms with Crippen molar-refractivity contribution in [1.82, 2.24) is 5.32 Å². The van der Waals surface area contributed by atoms with Gasteiger partial charge in [-0.2, -0.15) is 0 Å². The fourth-order valence-corrected chi connectivity index (χ4v) is 2.28. The Morgan fingerprint density at radius 1 is 1.15 bits per heavy atom. The van der Waals surface area contributed by atoms with Gasteiger partial charge in [-0.3, -0.25) is 0 Å². The number of hydrogen-bond donors (Lipinski definition) is 1. The predicted molar refractivity (Wildman–Crippen MR) is 84.2 cm³/mol. The molecule has 0 saturated heterocycles. The summed E-state index contributed by atoms with van der Waals surface area (Å²) in [7, 11) is 2.14. The summed E-state index contributed by atoms with van der Waals surface area (Å²) < 4.78 is 5.36. The molecule has 2 aromatic rings. The van der Waals surface area contributed by atoms with Crippen LogP contribution < -0.4 is 10.2 Å². The fourth-order valence-electron chi connectivity index (χ4n) is 2.28. The normalized spacial score (nSPS) is 12.3. The first-order valence-corrected chi connectivity index (χ1v) is 7.27. The zero-order valence-corrected chi connectivity index (χ0v) is 12.4. The second-order valence-corrected chi connectivity index (χ2v) is 5.25. The van der Waals surface area contributed by atoms with Crippen molar-refractivity contribution < 1.29 is 4.42 Å². The minimum absolute atomic E-state index is 0.447. The van der Waals surface area contributed by atoms with Gasteiger partial charge in [0.25, 0.3) is 0 Å². The SMILES string of the molecule is CC(Cc1ccco1)NCCCN(C)c1ccccc1. The van der Waals surface area contributed by atoms with E-state index >= 15 is 0 Å². The molecule has 3 nitrogen and oxygen atoms in total. The lowest BCUT2D eigenvalue weighted by Crippen LogP contribution is -2.31. The lowest BCUT2D eigenvalue weighted by Gasteiger charge is -2.20. The van der Waals surface area contributed by atoms with E-state index in [1.54, 1.807) is 6.26 Å². The second kappa shape index (κ2) is 7.75. The highest BCUT2D eigenvalue weighted by Gasteiger charge is 2.05. The number of hydrogen-bond acceptors (Lipinski definition) is 3. The fraction of sp³-hybridized carbons (Fsp3) is 0.412. The smallest absolute Gasteiger partial charge is 0.105 e. The van der Waals surface area contributed by atoms with Gasteiger partial charge in [-0.25, -0.2) is 0 Å². The molecule has 1 atom stereocenters. The standard InChI is InChI=1S/C17H24N2O/c1-15(14-17-10-6-13-20-17)18-11-7-12-19(2)16-8-4-3-5-9-16/h3-6,8-10,13,15,18H,7,11-12,14H2,1-2H3. The molecule has 1 aromatic heterocycles. The van der Waals surface area contributed by atoms with Crippen LogP contribution in [0.5, 0.6) is 0 Å². The highest BCUT2D eigenvalue weighted by atomic mass is 16.3. The Balaban J connectivity index is 1.61. The minimum atomic E-state index is 0.447. The molecule has 1 N–H and O–H groups in total. The third-order valence-electron chi connectivity index (χ3n) is 3.45. The molecule has 108 valence electrons. The van der Waals surface area contributed by atoms with Crippen LogP contribution in [0.3, 0.4) is 0 Å². The van der Waals surface area contributed by atoms with Crippen molar-refractivity contribution in [3.8, 4) is 0 Å². The predicted octanol–water partition coefficient (Wildman–Crippen LogP) is 3.33. The van der Waals surface area contributed by atoms with Crippen LogP contribution in [0.2, 0.25) is 0 Å². The zero-order chi connectivity index (χ0) is 14.2. The van der Waals surface area contributed by atoms with Crippen LogP contribution in [0.25, 0.3) is 0 Å². The minimum Gasteiger partial charge on any atom is -0.469 e. The van der Waals surface area contributed by atoms with Gasteiger partial charge in [0, 0.05) is 31.7 Å². The molecule has 0 aliphatic rings. The Morgan fingerprint density at radius 3 is 2.65 bits per heavy atom. The molecule has 0 aliphatic heterocycles. The highest BCUT2D eigenvalue weighted by Crippen LogP contribution is 2.10. The first-order chi connectivity index (χ1) is 9.75. The molecule has 0 radical (unpaired) electrons. The summed E-state index contributed by atoms with van der Waals surface area (Å²) in [6.45, 7) is 4.28. The maximum Gasteiger partial charge on any atom is 0.105 e. The van der Waals surface area contributed by atoms with Crippen molar-refractivity contribution in [2.24, 2.45) is 0 Å². The molecule has 1 heterocycles. The van der Waals surface area contributed by atoms with Gasteiger partial charge in [0.15, 0.2) is 0 Å². The molecule has 0 spiro atoms. The molecule has 20 heavy (non-hydrogen) atoms. The van der Waals surface area contributed by atoms with Crippen molar-refractivity contribution >= 4 is 5.69 Å². The van der Waals surface area contributed by atoms with E-state index in [9.17, 15) is 0 Å². The van der Waals surface area contributed by atoms with Crippen molar-refractivity contribution in [1.29, 1.82) is 0 Å². The van der Waals surface area contributed by atoms with Gasteiger partial charge in [-0.15, -0.1) is 0 Å². The van der Waals surface area contributed by atoms with E-state index in [1.165, 1.54) is 5.69 Å². The van der Waals surface area contributed by atoms with Crippen molar-refractivity contribution in [2.75, 3.05) is 25.0 Å². The quantitative estimate of drug-likeness (QED) is 0.747. The topological polar surface area (TPSA) is 28.4 Å². The maximum atomic E-state index is 5.36. The number of rotatable bonds is 8. The molecule has 0 saturated carbocycles. The first-order valence-electron chi connectivity index (χ1n) is 7.27. The van der Waals surface area contributed by atoms with E-state index in [1.807, 2.05) is 12.1 Å². The molecule has 0 fully saturated rings. The van der Waals surface area contributed by atoms with E-state index in [-0.39, 0.29) is 0 Å². The van der Waals surface area contributed by atoms with Gasteiger partial charge in [0.2, 0.25) is 0 Å². The molecule has 0 aliphatic carbocycles. The van der Waals surface area contributed by atoms with Crippen LogP contribution in [0.15, 0.2) is 53.1 Å². The van der Waals surface area contributed by atoms with Crippen LogP contribution in [-0.2, 0) is 6.42 Å². The Hall–Kier alpha value is -1.74. The van der Waals surface area contributed by atoms with Crippen LogP contribution in [-0.4, -0.2) is 26.2 Å². The van der Waals surface area contributed by atoms with E-state index in [0.29, 0.717) is 6.04 Å². The number of nitrogens with one attached hydrogen (secondary N) is 1. The second-order valence-electron chi connectivity index (χ2n) is 5.25. The Labute approximate surface area is 121 Å². The van der Waals surface area contributed by atoms with E-state index in [2.05, 4.69) is 54.5 Å². The summed E-state index contributed by atoms with van der Waals surface area (Å²) in [5.41, 5.74) is 1.27. The summed E-state index contributed by atoms with van der Waals surface area (Å²) in [4.78, 5) is 2.29. The lowest BCUT2D eigenvalue weighted by molar-refractivity contribution is 0.455. The monoisotopic (exact) mass is 272 g/mol. The zero-order valence-electron chi connectivity index (χ0n) is 12.4. The number of nitrogens with zero attached hydrogens (tertiary/aromatic N) is 1. The number of furan rings is 1. The summed E-state index contributed by atoms with van der Waals surface area (Å²) >= 11 is 0. The van der Waals surface area contributed by atoms with Crippen molar-refractivity contribution in [3.63, 3.8) is 0 Å². The van der Waals surface area contributed by atoms with E-state index in [0.717, 1.165) is 31.7 Å². The van der Waals surface area contributed by atoms with E-state index < -0.39 is 0 Å². The molecule has 3 heteroatoms. The first kappa shape index (κ1) is 14.7. The summed E-state index contributed by atoms with van der Waals surface area (Å²) in [6, 6.07) is 14.9. The molecule has 0 amide bonds. The van der Waals surface area contributed by atoms with Crippen LogP contribution >= 0.6 is 0 Å². The Morgan fingerprint density at radius 2 is 1.95 bits per heavy atom. The highest BCUT2D eigenvalue weighted by molar-refractivity contribution is 5.44.